The lowest BCUT2D eigenvalue weighted by Crippen LogP contribution is -2.35. The molecule has 1 aliphatic carbocycles. The van der Waals surface area contributed by atoms with Crippen molar-refractivity contribution in [3.8, 4) is 0 Å². The second kappa shape index (κ2) is 4.82. The molecule has 3 nitrogen and oxygen atoms in total. The quantitative estimate of drug-likeness (QED) is 0.755. The zero-order valence-corrected chi connectivity index (χ0v) is 11.5. The molecule has 2 N–H and O–H groups in total. The second-order valence-electron chi connectivity index (χ2n) is 5.77. The predicted octanol–water partition coefficient (Wildman–Crippen LogP) is 2.16. The Labute approximate surface area is 109 Å². The monoisotopic (exact) mass is 250 g/mol. The zero-order valence-electron chi connectivity index (χ0n) is 11.5. The first-order valence-electron chi connectivity index (χ1n) is 6.09. The number of aliphatic hydroxyl groups is 2. The van der Waals surface area contributed by atoms with E-state index in [1.54, 1.807) is 26.0 Å². The molecule has 1 aliphatic rings. The summed E-state index contributed by atoms with van der Waals surface area (Å²) in [6, 6.07) is 0. The average Bonchev–Trinajstić information content (AvgIpc) is 2.25. The number of carbonyl (C=O) groups is 1. The molecular weight excluding hydrogens is 228 g/mol. The van der Waals surface area contributed by atoms with Gasteiger partial charge in [-0.2, -0.15) is 0 Å². The van der Waals surface area contributed by atoms with Gasteiger partial charge >= 0.3 is 0 Å². The highest BCUT2D eigenvalue weighted by Crippen LogP contribution is 2.39. The van der Waals surface area contributed by atoms with E-state index in [9.17, 15) is 15.0 Å². The molecule has 0 aromatic rings. The van der Waals surface area contributed by atoms with Crippen LogP contribution in [0.3, 0.4) is 0 Å². The number of hydrogen-bond donors (Lipinski definition) is 2. The summed E-state index contributed by atoms with van der Waals surface area (Å²) in [7, 11) is 0. The number of aliphatic hydroxyl groups excluding tert-OH is 1. The van der Waals surface area contributed by atoms with E-state index in [2.05, 4.69) is 6.58 Å². The Morgan fingerprint density at radius 3 is 2.56 bits per heavy atom. The molecule has 1 rings (SSSR count). The lowest BCUT2D eigenvalue weighted by molar-refractivity contribution is -0.125. The van der Waals surface area contributed by atoms with E-state index in [0.29, 0.717) is 12.0 Å². The minimum absolute atomic E-state index is 0.229. The molecule has 0 radical (unpaired) electrons. The Morgan fingerprint density at radius 1 is 1.50 bits per heavy atom. The van der Waals surface area contributed by atoms with Crippen molar-refractivity contribution in [2.75, 3.05) is 0 Å². The third-order valence-corrected chi connectivity index (χ3v) is 3.51. The summed E-state index contributed by atoms with van der Waals surface area (Å²) < 4.78 is 0. The van der Waals surface area contributed by atoms with Gasteiger partial charge in [-0.3, -0.25) is 4.79 Å². The molecule has 3 heteroatoms. The molecule has 0 bridgehead atoms. The molecular formula is C15H22O3. The van der Waals surface area contributed by atoms with Gasteiger partial charge in [-0.1, -0.05) is 32.6 Å². The van der Waals surface area contributed by atoms with Crippen LogP contribution in [0.2, 0.25) is 0 Å². The lowest BCUT2D eigenvalue weighted by atomic mass is 9.71. The van der Waals surface area contributed by atoms with E-state index in [-0.39, 0.29) is 11.2 Å². The van der Waals surface area contributed by atoms with Crippen molar-refractivity contribution in [2.24, 2.45) is 5.41 Å². The molecule has 0 saturated heterocycles. The number of Topliss-reactive ketones (excluding diaryl/α,β-unsaturated/α-hetero) is 1. The number of ketones is 1. The molecule has 2 atom stereocenters. The molecule has 0 amide bonds. The summed E-state index contributed by atoms with van der Waals surface area (Å²) >= 11 is 0. The van der Waals surface area contributed by atoms with E-state index in [0.717, 1.165) is 5.57 Å². The maximum absolute atomic E-state index is 11.8. The van der Waals surface area contributed by atoms with Crippen LogP contribution in [0, 0.1) is 5.41 Å². The van der Waals surface area contributed by atoms with Crippen LogP contribution in [0.25, 0.3) is 0 Å². The molecule has 0 aromatic heterocycles. The van der Waals surface area contributed by atoms with Crippen molar-refractivity contribution in [1.82, 2.24) is 0 Å². The fourth-order valence-electron chi connectivity index (χ4n) is 2.25. The van der Waals surface area contributed by atoms with Crippen molar-refractivity contribution in [3.63, 3.8) is 0 Å². The minimum atomic E-state index is -1.09. The van der Waals surface area contributed by atoms with Gasteiger partial charge in [0.15, 0.2) is 5.78 Å². The summed E-state index contributed by atoms with van der Waals surface area (Å²) in [6.45, 7) is 10.9. The standard InChI is InChI=1S/C15H22O3/c1-6-15(5,18)8-7-11-10(2)13(17)12(16)9-14(11,3)4/h6-8,12,16,18H,1,9H2,2-5H3/b8-7+. The molecule has 2 unspecified atom stereocenters. The Bertz CT molecular complexity index is 425. The fourth-order valence-corrected chi connectivity index (χ4v) is 2.25. The Kier molecular flexibility index (Phi) is 3.99. The lowest BCUT2D eigenvalue weighted by Gasteiger charge is -2.35. The van der Waals surface area contributed by atoms with Crippen LogP contribution in [-0.2, 0) is 4.79 Å². The average molecular weight is 250 g/mol. The minimum Gasteiger partial charge on any atom is -0.385 e. The first-order chi connectivity index (χ1) is 8.10. The van der Waals surface area contributed by atoms with E-state index in [1.165, 1.54) is 6.08 Å². The maximum atomic E-state index is 11.8. The van der Waals surface area contributed by atoms with E-state index in [1.807, 2.05) is 13.8 Å². The summed E-state index contributed by atoms with van der Waals surface area (Å²) in [5.74, 6) is -0.229. The number of hydrogen-bond acceptors (Lipinski definition) is 3. The smallest absolute Gasteiger partial charge is 0.187 e. The predicted molar refractivity (Wildman–Crippen MR) is 72.1 cm³/mol. The molecule has 18 heavy (non-hydrogen) atoms. The Hall–Kier alpha value is -1.19. The second-order valence-corrected chi connectivity index (χ2v) is 5.77. The van der Waals surface area contributed by atoms with E-state index < -0.39 is 11.7 Å². The Morgan fingerprint density at radius 2 is 2.06 bits per heavy atom. The van der Waals surface area contributed by atoms with Gasteiger partial charge in [-0.05, 0) is 42.9 Å². The largest absolute Gasteiger partial charge is 0.385 e. The SMILES string of the molecule is C=CC(C)(O)/C=C/C1=C(C)C(=O)C(O)CC1(C)C. The van der Waals surface area contributed by atoms with Crippen LogP contribution < -0.4 is 0 Å². The molecule has 100 valence electrons. The van der Waals surface area contributed by atoms with Crippen LogP contribution in [-0.4, -0.2) is 27.7 Å². The summed E-state index contributed by atoms with van der Waals surface area (Å²) in [4.78, 5) is 11.8. The number of rotatable bonds is 3. The molecule has 0 saturated carbocycles. The van der Waals surface area contributed by atoms with Crippen molar-refractivity contribution < 1.29 is 15.0 Å². The zero-order chi connectivity index (χ0) is 14.1. The maximum Gasteiger partial charge on any atom is 0.187 e. The number of carbonyl (C=O) groups excluding carboxylic acids is 1. The first kappa shape index (κ1) is 14.9. The van der Waals surface area contributed by atoms with Gasteiger partial charge in [0, 0.05) is 0 Å². The van der Waals surface area contributed by atoms with Gasteiger partial charge in [-0.15, -0.1) is 0 Å². The molecule has 0 aromatic carbocycles. The normalized spacial score (nSPS) is 27.4. The van der Waals surface area contributed by atoms with Gasteiger partial charge in [0.2, 0.25) is 0 Å². The number of allylic oxidation sites excluding steroid dienone is 2. The van der Waals surface area contributed by atoms with E-state index in [4.69, 9.17) is 0 Å². The van der Waals surface area contributed by atoms with Crippen LogP contribution in [0.1, 0.15) is 34.1 Å². The van der Waals surface area contributed by atoms with Crippen molar-refractivity contribution in [1.29, 1.82) is 0 Å². The van der Waals surface area contributed by atoms with Crippen LogP contribution >= 0.6 is 0 Å². The van der Waals surface area contributed by atoms with Crippen LogP contribution in [0.4, 0.5) is 0 Å². The third kappa shape index (κ3) is 2.98. The van der Waals surface area contributed by atoms with Crippen LogP contribution in [0.5, 0.6) is 0 Å². The van der Waals surface area contributed by atoms with Gasteiger partial charge in [0.1, 0.15) is 6.10 Å². The topological polar surface area (TPSA) is 57.5 Å². The van der Waals surface area contributed by atoms with Gasteiger partial charge in [-0.25, -0.2) is 0 Å². The summed E-state index contributed by atoms with van der Waals surface area (Å²) in [5, 5.41) is 19.6. The van der Waals surface area contributed by atoms with Crippen LogP contribution in [0.15, 0.2) is 36.0 Å². The highest BCUT2D eigenvalue weighted by Gasteiger charge is 2.36. The summed E-state index contributed by atoms with van der Waals surface area (Å²) in [6.07, 6.45) is 4.30. The molecule has 0 fully saturated rings. The van der Waals surface area contributed by atoms with Crippen molar-refractivity contribution in [2.45, 2.75) is 45.8 Å². The Balaban J connectivity index is 3.19. The van der Waals surface area contributed by atoms with E-state index >= 15 is 0 Å². The molecule has 0 aliphatic heterocycles. The third-order valence-electron chi connectivity index (χ3n) is 3.51. The van der Waals surface area contributed by atoms with Gasteiger partial charge in [0.25, 0.3) is 0 Å². The van der Waals surface area contributed by atoms with Crippen molar-refractivity contribution in [3.05, 3.63) is 36.0 Å². The fraction of sp³-hybridized carbons (Fsp3) is 0.533. The molecule has 0 heterocycles. The highest BCUT2D eigenvalue weighted by atomic mass is 16.3. The molecule has 0 spiro atoms. The highest BCUT2D eigenvalue weighted by molar-refractivity contribution is 6.00. The van der Waals surface area contributed by atoms with Crippen molar-refractivity contribution >= 4 is 5.78 Å². The van der Waals surface area contributed by atoms with Gasteiger partial charge < -0.3 is 10.2 Å². The first-order valence-corrected chi connectivity index (χ1v) is 6.09. The summed E-state index contributed by atoms with van der Waals surface area (Å²) in [5.41, 5.74) is 0.0444. The van der Waals surface area contributed by atoms with Gasteiger partial charge in [0.05, 0.1) is 5.60 Å².